The molecule has 3 aromatic rings. The van der Waals surface area contributed by atoms with Gasteiger partial charge < -0.3 is 10.1 Å². The zero-order valence-electron chi connectivity index (χ0n) is 15.2. The van der Waals surface area contributed by atoms with Gasteiger partial charge in [-0.25, -0.2) is 19.0 Å². The standard InChI is InChI=1S/C19H18FN5O2/c1-19(2)13-9-21-17(22-16(13)23-18(19)26)14-8-15(27-3)25(24-14)10-11-4-6-12(20)7-5-11/h4-9H,10H2,1-3H3,(H,21,22,23,26). The van der Waals surface area contributed by atoms with Crippen molar-refractivity contribution in [1.29, 1.82) is 0 Å². The van der Waals surface area contributed by atoms with E-state index in [9.17, 15) is 9.18 Å². The van der Waals surface area contributed by atoms with Gasteiger partial charge in [0, 0.05) is 17.8 Å². The number of carbonyl (C=O) groups excluding carboxylic acids is 1. The zero-order chi connectivity index (χ0) is 19.2. The fourth-order valence-electron chi connectivity index (χ4n) is 2.99. The molecule has 7 nitrogen and oxygen atoms in total. The van der Waals surface area contributed by atoms with Gasteiger partial charge in [-0.15, -0.1) is 0 Å². The Labute approximate surface area is 155 Å². The van der Waals surface area contributed by atoms with Crippen LogP contribution in [0.1, 0.15) is 25.0 Å². The number of hydrogen-bond donors (Lipinski definition) is 1. The fraction of sp³-hybridized carbons (Fsp3) is 0.263. The molecule has 0 saturated heterocycles. The van der Waals surface area contributed by atoms with Crippen LogP contribution in [0.25, 0.3) is 11.5 Å². The summed E-state index contributed by atoms with van der Waals surface area (Å²) in [5.41, 5.74) is 1.51. The molecule has 1 amide bonds. The number of carbonyl (C=O) groups is 1. The van der Waals surface area contributed by atoms with E-state index in [2.05, 4.69) is 20.4 Å². The number of amides is 1. The predicted octanol–water partition coefficient (Wildman–Crippen LogP) is 2.77. The van der Waals surface area contributed by atoms with Crippen LogP contribution < -0.4 is 10.1 Å². The van der Waals surface area contributed by atoms with Crippen molar-refractivity contribution in [3.8, 4) is 17.4 Å². The fourth-order valence-corrected chi connectivity index (χ4v) is 2.99. The molecule has 4 rings (SSSR count). The van der Waals surface area contributed by atoms with Gasteiger partial charge >= 0.3 is 0 Å². The van der Waals surface area contributed by atoms with Crippen LogP contribution in [0.3, 0.4) is 0 Å². The first-order valence-electron chi connectivity index (χ1n) is 8.44. The summed E-state index contributed by atoms with van der Waals surface area (Å²) in [4.78, 5) is 20.9. The first kappa shape index (κ1) is 17.1. The Kier molecular flexibility index (Phi) is 3.91. The van der Waals surface area contributed by atoms with Crippen LogP contribution in [0.4, 0.5) is 10.2 Å². The highest BCUT2D eigenvalue weighted by molar-refractivity contribution is 6.04. The third-order valence-electron chi connectivity index (χ3n) is 4.69. The smallest absolute Gasteiger partial charge is 0.235 e. The summed E-state index contributed by atoms with van der Waals surface area (Å²) in [6.45, 7) is 4.08. The van der Waals surface area contributed by atoms with E-state index < -0.39 is 5.41 Å². The van der Waals surface area contributed by atoms with Crippen molar-refractivity contribution >= 4 is 11.7 Å². The summed E-state index contributed by atoms with van der Waals surface area (Å²) >= 11 is 0. The molecule has 1 aliphatic heterocycles. The van der Waals surface area contributed by atoms with Crippen LogP contribution in [0.2, 0.25) is 0 Å². The quantitative estimate of drug-likeness (QED) is 0.767. The van der Waals surface area contributed by atoms with Crippen molar-refractivity contribution in [1.82, 2.24) is 19.7 Å². The van der Waals surface area contributed by atoms with E-state index >= 15 is 0 Å². The Hall–Kier alpha value is -3.29. The lowest BCUT2D eigenvalue weighted by atomic mass is 9.88. The van der Waals surface area contributed by atoms with E-state index in [1.807, 2.05) is 13.8 Å². The van der Waals surface area contributed by atoms with E-state index in [4.69, 9.17) is 4.74 Å². The van der Waals surface area contributed by atoms with Gasteiger partial charge in [0.05, 0.1) is 19.1 Å². The molecule has 0 aliphatic carbocycles. The molecule has 2 aromatic heterocycles. The number of aromatic nitrogens is 4. The average Bonchev–Trinajstić information content (AvgIpc) is 3.15. The highest BCUT2D eigenvalue weighted by Crippen LogP contribution is 2.36. The number of halogens is 1. The lowest BCUT2D eigenvalue weighted by molar-refractivity contribution is -0.119. The number of benzene rings is 1. The average molecular weight is 367 g/mol. The molecule has 138 valence electrons. The monoisotopic (exact) mass is 367 g/mol. The van der Waals surface area contributed by atoms with Gasteiger partial charge in [-0.1, -0.05) is 12.1 Å². The molecule has 0 unspecified atom stereocenters. The van der Waals surface area contributed by atoms with E-state index in [1.165, 1.54) is 12.1 Å². The number of nitrogens with one attached hydrogen (secondary N) is 1. The predicted molar refractivity (Wildman–Crippen MR) is 97.0 cm³/mol. The molecule has 1 aliphatic rings. The molecule has 1 aromatic carbocycles. The number of nitrogens with zero attached hydrogens (tertiary/aromatic N) is 4. The summed E-state index contributed by atoms with van der Waals surface area (Å²) in [7, 11) is 1.55. The second-order valence-electron chi connectivity index (χ2n) is 6.89. The molecule has 1 N–H and O–H groups in total. The Bertz CT molecular complexity index is 1030. The maximum absolute atomic E-state index is 13.1. The minimum absolute atomic E-state index is 0.108. The van der Waals surface area contributed by atoms with E-state index in [1.54, 1.807) is 36.2 Å². The number of fused-ring (bicyclic) bond motifs is 1. The number of rotatable bonds is 4. The number of methoxy groups -OCH3 is 1. The third-order valence-corrected chi connectivity index (χ3v) is 4.69. The molecular formula is C19H18FN5O2. The second-order valence-corrected chi connectivity index (χ2v) is 6.89. The first-order chi connectivity index (χ1) is 12.9. The molecule has 0 fully saturated rings. The molecule has 3 heterocycles. The topological polar surface area (TPSA) is 81.9 Å². The third kappa shape index (κ3) is 2.92. The Morgan fingerprint density at radius 3 is 2.70 bits per heavy atom. The first-order valence-corrected chi connectivity index (χ1v) is 8.44. The van der Waals surface area contributed by atoms with Gasteiger partial charge in [0.25, 0.3) is 0 Å². The van der Waals surface area contributed by atoms with Crippen molar-refractivity contribution in [2.75, 3.05) is 12.4 Å². The van der Waals surface area contributed by atoms with Gasteiger partial charge in [-0.05, 0) is 31.5 Å². The summed E-state index contributed by atoms with van der Waals surface area (Å²) in [5.74, 6) is 1.03. The minimum atomic E-state index is -0.659. The maximum Gasteiger partial charge on any atom is 0.235 e. The van der Waals surface area contributed by atoms with Crippen LogP contribution in [0.15, 0.2) is 36.5 Å². The zero-order valence-corrected chi connectivity index (χ0v) is 15.2. The number of ether oxygens (including phenoxy) is 1. The largest absolute Gasteiger partial charge is 0.481 e. The summed E-state index contributed by atoms with van der Waals surface area (Å²) in [6, 6.07) is 7.92. The van der Waals surface area contributed by atoms with Gasteiger partial charge in [0.15, 0.2) is 5.82 Å². The molecule has 0 spiro atoms. The SMILES string of the molecule is COc1cc(-c2ncc3c(n2)NC(=O)C3(C)C)nn1Cc1ccc(F)cc1. The molecule has 0 atom stereocenters. The number of hydrogen-bond acceptors (Lipinski definition) is 5. The minimum Gasteiger partial charge on any atom is -0.481 e. The molecule has 0 radical (unpaired) electrons. The Morgan fingerprint density at radius 1 is 1.26 bits per heavy atom. The van der Waals surface area contributed by atoms with E-state index in [-0.39, 0.29) is 11.7 Å². The molecule has 0 bridgehead atoms. The summed E-state index contributed by atoms with van der Waals surface area (Å²) < 4.78 is 20.1. The van der Waals surface area contributed by atoms with Crippen molar-refractivity contribution in [3.63, 3.8) is 0 Å². The van der Waals surface area contributed by atoms with Crippen molar-refractivity contribution in [2.45, 2.75) is 25.8 Å². The van der Waals surface area contributed by atoms with Gasteiger partial charge in [-0.3, -0.25) is 4.79 Å². The van der Waals surface area contributed by atoms with E-state index in [0.717, 1.165) is 11.1 Å². The Balaban J connectivity index is 1.67. The highest BCUT2D eigenvalue weighted by atomic mass is 19.1. The highest BCUT2D eigenvalue weighted by Gasteiger charge is 2.40. The number of anilines is 1. The molecular weight excluding hydrogens is 349 g/mol. The van der Waals surface area contributed by atoms with E-state index in [0.29, 0.717) is 29.8 Å². The van der Waals surface area contributed by atoms with Crippen LogP contribution in [0, 0.1) is 5.82 Å². The second kappa shape index (κ2) is 6.15. The van der Waals surface area contributed by atoms with Crippen LogP contribution in [0.5, 0.6) is 5.88 Å². The van der Waals surface area contributed by atoms with Gasteiger partial charge in [0.2, 0.25) is 11.8 Å². The van der Waals surface area contributed by atoms with Gasteiger partial charge in [0.1, 0.15) is 17.3 Å². The van der Waals surface area contributed by atoms with Crippen molar-refractivity contribution < 1.29 is 13.9 Å². The van der Waals surface area contributed by atoms with Crippen molar-refractivity contribution in [2.24, 2.45) is 0 Å². The van der Waals surface area contributed by atoms with Crippen molar-refractivity contribution in [3.05, 3.63) is 53.5 Å². The normalized spacial score (nSPS) is 14.7. The summed E-state index contributed by atoms with van der Waals surface area (Å²) in [5, 5.41) is 7.30. The lowest BCUT2D eigenvalue weighted by Crippen LogP contribution is -2.26. The molecule has 0 saturated carbocycles. The summed E-state index contributed by atoms with van der Waals surface area (Å²) in [6.07, 6.45) is 1.65. The van der Waals surface area contributed by atoms with Gasteiger partial charge in [-0.2, -0.15) is 5.10 Å². The van der Waals surface area contributed by atoms with Crippen LogP contribution in [-0.4, -0.2) is 32.8 Å². The Morgan fingerprint density at radius 2 is 2.00 bits per heavy atom. The molecule has 27 heavy (non-hydrogen) atoms. The maximum atomic E-state index is 13.1. The van der Waals surface area contributed by atoms with Crippen LogP contribution >= 0.6 is 0 Å². The molecule has 8 heteroatoms. The lowest BCUT2D eigenvalue weighted by Gasteiger charge is -2.13. The van der Waals surface area contributed by atoms with Crippen LogP contribution in [-0.2, 0) is 16.8 Å².